The molecular formula is C22H24N4O3S. The zero-order valence-corrected chi connectivity index (χ0v) is 17.6. The van der Waals surface area contributed by atoms with Crippen LogP contribution >= 0.6 is 11.8 Å². The van der Waals surface area contributed by atoms with Crippen molar-refractivity contribution >= 4 is 23.7 Å². The van der Waals surface area contributed by atoms with Crippen molar-refractivity contribution in [2.45, 2.75) is 12.5 Å². The van der Waals surface area contributed by atoms with Crippen molar-refractivity contribution in [2.75, 3.05) is 36.6 Å². The molecule has 2 aromatic carbocycles. The summed E-state index contributed by atoms with van der Waals surface area (Å²) in [6.07, 6.45) is 0.556. The number of nitrogens with one attached hydrogen (secondary N) is 1. The summed E-state index contributed by atoms with van der Waals surface area (Å²) in [4.78, 5) is 15.0. The number of methoxy groups -OCH3 is 1. The summed E-state index contributed by atoms with van der Waals surface area (Å²) >= 11 is 1.92. The fraction of sp³-hybridized carbons (Fsp3) is 0.318. The summed E-state index contributed by atoms with van der Waals surface area (Å²) < 4.78 is 11.2. The van der Waals surface area contributed by atoms with Gasteiger partial charge in [-0.25, -0.2) is 0 Å². The normalized spacial score (nSPS) is 14.9. The van der Waals surface area contributed by atoms with Gasteiger partial charge in [0.25, 0.3) is 5.91 Å². The van der Waals surface area contributed by atoms with Crippen LogP contribution in [-0.4, -0.2) is 47.8 Å². The second-order valence-corrected chi connectivity index (χ2v) is 8.19. The van der Waals surface area contributed by atoms with Crippen LogP contribution in [0.3, 0.4) is 0 Å². The molecule has 1 saturated heterocycles. The van der Waals surface area contributed by atoms with Gasteiger partial charge in [0.05, 0.1) is 7.11 Å². The average Bonchev–Trinajstić information content (AvgIpc) is 3.30. The van der Waals surface area contributed by atoms with Gasteiger partial charge in [-0.05, 0) is 29.8 Å². The van der Waals surface area contributed by atoms with Crippen molar-refractivity contribution in [3.63, 3.8) is 0 Å². The summed E-state index contributed by atoms with van der Waals surface area (Å²) in [5, 5.41) is 11.6. The fourth-order valence-electron chi connectivity index (χ4n) is 3.28. The molecule has 0 spiro atoms. The van der Waals surface area contributed by atoms with Crippen LogP contribution in [0.5, 0.6) is 5.75 Å². The highest BCUT2D eigenvalue weighted by Gasteiger charge is 2.24. The maximum absolute atomic E-state index is 12.9. The van der Waals surface area contributed by atoms with Crippen LogP contribution < -0.4 is 15.0 Å². The molecule has 0 aliphatic carbocycles. The lowest BCUT2D eigenvalue weighted by molar-refractivity contribution is 0.0930. The number of anilines is 1. The number of thioether (sulfide) groups is 1. The molecule has 0 radical (unpaired) electrons. The second-order valence-electron chi connectivity index (χ2n) is 6.97. The molecule has 1 aromatic heterocycles. The van der Waals surface area contributed by atoms with E-state index in [0.29, 0.717) is 29.6 Å². The van der Waals surface area contributed by atoms with Gasteiger partial charge in [-0.3, -0.25) is 4.79 Å². The van der Waals surface area contributed by atoms with Crippen LogP contribution in [0.15, 0.2) is 59.0 Å². The summed E-state index contributed by atoms with van der Waals surface area (Å²) in [6, 6.07) is 17.0. The van der Waals surface area contributed by atoms with Gasteiger partial charge < -0.3 is 19.4 Å². The molecular weight excluding hydrogens is 400 g/mol. The van der Waals surface area contributed by atoms with Gasteiger partial charge in [0.15, 0.2) is 0 Å². The molecule has 156 valence electrons. The standard InChI is InChI=1S/C22H24N4O3S/c1-28-18-9-7-17(8-10-18)20(27)23-19(15-16-5-3-2-4-6-16)21-24-25-22(29-21)26-11-13-30-14-12-26/h2-10,19H,11-15H2,1H3,(H,23,27). The first-order valence-electron chi connectivity index (χ1n) is 9.88. The van der Waals surface area contributed by atoms with E-state index in [1.54, 1.807) is 31.4 Å². The average molecular weight is 425 g/mol. The number of rotatable bonds is 7. The Balaban J connectivity index is 1.54. The second kappa shape index (κ2) is 9.67. The highest BCUT2D eigenvalue weighted by molar-refractivity contribution is 7.99. The highest BCUT2D eigenvalue weighted by atomic mass is 32.2. The van der Waals surface area contributed by atoms with Crippen LogP contribution in [0.25, 0.3) is 0 Å². The van der Waals surface area contributed by atoms with E-state index in [1.165, 1.54) is 0 Å². The van der Waals surface area contributed by atoms with E-state index >= 15 is 0 Å². The van der Waals surface area contributed by atoms with Crippen molar-refractivity contribution in [3.05, 3.63) is 71.6 Å². The molecule has 8 heteroatoms. The molecule has 3 aromatic rings. The predicted molar refractivity (Wildman–Crippen MR) is 117 cm³/mol. The van der Waals surface area contributed by atoms with E-state index in [4.69, 9.17) is 9.15 Å². The molecule has 2 heterocycles. The monoisotopic (exact) mass is 424 g/mol. The number of hydrogen-bond acceptors (Lipinski definition) is 7. The first-order chi connectivity index (χ1) is 14.7. The van der Waals surface area contributed by atoms with E-state index < -0.39 is 6.04 Å². The zero-order chi connectivity index (χ0) is 20.8. The number of benzene rings is 2. The number of ether oxygens (including phenoxy) is 1. The smallest absolute Gasteiger partial charge is 0.318 e. The van der Waals surface area contributed by atoms with Crippen molar-refractivity contribution in [3.8, 4) is 5.75 Å². The number of aromatic nitrogens is 2. The third-order valence-electron chi connectivity index (χ3n) is 4.95. The minimum atomic E-state index is -0.428. The maximum atomic E-state index is 12.9. The highest BCUT2D eigenvalue weighted by Crippen LogP contribution is 2.24. The molecule has 1 unspecified atom stereocenters. The summed E-state index contributed by atoms with van der Waals surface area (Å²) in [6.45, 7) is 1.77. The topological polar surface area (TPSA) is 80.5 Å². The minimum absolute atomic E-state index is 0.201. The SMILES string of the molecule is COc1ccc(C(=O)NC(Cc2ccccc2)c2nnc(N3CCSCC3)o2)cc1. The van der Waals surface area contributed by atoms with Gasteiger partial charge >= 0.3 is 6.01 Å². The van der Waals surface area contributed by atoms with Crippen molar-refractivity contribution in [1.29, 1.82) is 0 Å². The molecule has 1 aliphatic rings. The molecule has 1 amide bonds. The third-order valence-corrected chi connectivity index (χ3v) is 5.89. The number of carbonyl (C=O) groups excluding carboxylic acids is 1. The number of amides is 1. The zero-order valence-electron chi connectivity index (χ0n) is 16.8. The lowest BCUT2D eigenvalue weighted by Gasteiger charge is -2.24. The summed E-state index contributed by atoms with van der Waals surface area (Å²) in [5.74, 6) is 2.99. The summed E-state index contributed by atoms with van der Waals surface area (Å²) in [7, 11) is 1.60. The lowest BCUT2D eigenvalue weighted by atomic mass is 10.1. The van der Waals surface area contributed by atoms with Gasteiger partial charge in [-0.15, -0.1) is 5.10 Å². The molecule has 7 nitrogen and oxygen atoms in total. The van der Waals surface area contributed by atoms with Gasteiger partial charge in [-0.2, -0.15) is 11.8 Å². The van der Waals surface area contributed by atoms with Crippen molar-refractivity contribution in [2.24, 2.45) is 0 Å². The summed E-state index contributed by atoms with van der Waals surface area (Å²) in [5.41, 5.74) is 1.62. The van der Waals surface area contributed by atoms with Gasteiger partial charge in [0.1, 0.15) is 11.8 Å². The Bertz CT molecular complexity index is 956. The number of hydrogen-bond donors (Lipinski definition) is 1. The van der Waals surface area contributed by atoms with Crippen LogP contribution in [0.4, 0.5) is 6.01 Å². The fourth-order valence-corrected chi connectivity index (χ4v) is 4.19. The molecule has 1 atom stereocenters. The molecule has 1 aliphatic heterocycles. The van der Waals surface area contributed by atoms with Crippen molar-refractivity contribution < 1.29 is 13.9 Å². The molecule has 1 N–H and O–H groups in total. The van der Waals surface area contributed by atoms with E-state index in [1.807, 2.05) is 42.1 Å². The van der Waals surface area contributed by atoms with Gasteiger partial charge in [0, 0.05) is 36.6 Å². The Morgan fingerprint density at radius 2 is 1.87 bits per heavy atom. The van der Waals surface area contributed by atoms with Crippen LogP contribution in [-0.2, 0) is 6.42 Å². The van der Waals surface area contributed by atoms with Crippen LogP contribution in [0, 0.1) is 0 Å². The predicted octanol–water partition coefficient (Wildman–Crippen LogP) is 3.35. The molecule has 0 saturated carbocycles. The Morgan fingerprint density at radius 3 is 2.57 bits per heavy atom. The lowest BCUT2D eigenvalue weighted by Crippen LogP contribution is -2.32. The molecule has 4 rings (SSSR count). The Labute approximate surface area is 179 Å². The first-order valence-corrected chi connectivity index (χ1v) is 11.0. The Hall–Kier alpha value is -3.00. The van der Waals surface area contributed by atoms with Crippen LogP contribution in [0.1, 0.15) is 27.9 Å². The van der Waals surface area contributed by atoms with E-state index in [-0.39, 0.29) is 5.91 Å². The molecule has 1 fully saturated rings. The minimum Gasteiger partial charge on any atom is -0.497 e. The first kappa shape index (κ1) is 20.3. The van der Waals surface area contributed by atoms with Crippen molar-refractivity contribution in [1.82, 2.24) is 15.5 Å². The molecule has 0 bridgehead atoms. The number of nitrogens with zero attached hydrogens (tertiary/aromatic N) is 3. The maximum Gasteiger partial charge on any atom is 0.318 e. The number of carbonyl (C=O) groups is 1. The Kier molecular flexibility index (Phi) is 6.53. The van der Waals surface area contributed by atoms with E-state index in [9.17, 15) is 4.79 Å². The third kappa shape index (κ3) is 4.94. The molecule has 30 heavy (non-hydrogen) atoms. The van der Waals surface area contributed by atoms with Crippen LogP contribution in [0.2, 0.25) is 0 Å². The van der Waals surface area contributed by atoms with Gasteiger partial charge in [0.2, 0.25) is 5.89 Å². The quantitative estimate of drug-likeness (QED) is 0.623. The van der Waals surface area contributed by atoms with E-state index in [2.05, 4.69) is 20.4 Å². The Morgan fingerprint density at radius 1 is 1.13 bits per heavy atom. The largest absolute Gasteiger partial charge is 0.497 e. The van der Waals surface area contributed by atoms with Gasteiger partial charge in [-0.1, -0.05) is 35.4 Å². The van der Waals surface area contributed by atoms with E-state index in [0.717, 1.165) is 30.2 Å².